The summed E-state index contributed by atoms with van der Waals surface area (Å²) in [6.45, 7) is 0. The third-order valence-corrected chi connectivity index (χ3v) is 2.25. The highest BCUT2D eigenvalue weighted by Crippen LogP contribution is 2.16. The van der Waals surface area contributed by atoms with Crippen LogP contribution in [0.3, 0.4) is 0 Å². The number of rotatable bonds is 1. The summed E-state index contributed by atoms with van der Waals surface area (Å²) in [5.74, 6) is 0. The van der Waals surface area contributed by atoms with Crippen LogP contribution in [0, 0.1) is 0 Å². The summed E-state index contributed by atoms with van der Waals surface area (Å²) in [6.07, 6.45) is 1.96. The third-order valence-electron chi connectivity index (χ3n) is 1.90. The number of nitrogens with zero attached hydrogens (tertiary/aromatic N) is 2. The second-order valence-electron chi connectivity index (χ2n) is 2.87. The maximum atomic E-state index is 5.00. The molecule has 0 amide bonds. The van der Waals surface area contributed by atoms with Crippen molar-refractivity contribution in [3.8, 4) is 0 Å². The Morgan fingerprint density at radius 1 is 1.23 bits per heavy atom. The molecule has 1 aromatic carbocycles. The summed E-state index contributed by atoms with van der Waals surface area (Å²) in [4.78, 5) is 0. The van der Waals surface area contributed by atoms with E-state index in [-0.39, 0.29) is 0 Å². The van der Waals surface area contributed by atoms with Crippen LogP contribution in [0.4, 0.5) is 0 Å². The summed E-state index contributed by atoms with van der Waals surface area (Å²) in [6, 6.07) is 10.1. The molecule has 3 nitrogen and oxygen atoms in total. The third kappa shape index (κ3) is 1.64. The Labute approximate surface area is 83.1 Å². The minimum absolute atomic E-state index is 1.03. The van der Waals surface area contributed by atoms with E-state index in [0.717, 1.165) is 11.3 Å². The van der Waals surface area contributed by atoms with Gasteiger partial charge < -0.3 is 23.2 Å². The molecule has 1 aliphatic rings. The van der Waals surface area contributed by atoms with E-state index < -0.39 is 0 Å². The molecule has 1 aromatic rings. The van der Waals surface area contributed by atoms with Gasteiger partial charge in [-0.15, -0.1) is 0 Å². The molecule has 1 heterocycles. The molecule has 0 spiro atoms. The standard InChI is InChI=1S/C9H10N3S/c1-11-7-9(10-12(11)13)8-5-3-2-4-6-8/h2-7,10H,1H3/q-1. The van der Waals surface area contributed by atoms with Gasteiger partial charge >= 0.3 is 0 Å². The fourth-order valence-electron chi connectivity index (χ4n) is 1.21. The number of nitrogens with one attached hydrogen (secondary N) is 1. The molecule has 0 saturated carbocycles. The van der Waals surface area contributed by atoms with Crippen molar-refractivity contribution < 1.29 is 0 Å². The lowest BCUT2D eigenvalue weighted by Gasteiger charge is -2.31. The average Bonchev–Trinajstić information content (AvgIpc) is 2.49. The minimum Gasteiger partial charge on any atom is -0.653 e. The van der Waals surface area contributed by atoms with Crippen molar-refractivity contribution in [3.63, 3.8) is 0 Å². The van der Waals surface area contributed by atoms with Gasteiger partial charge in [-0.05, 0) is 0 Å². The lowest BCUT2D eigenvalue weighted by atomic mass is 10.2. The SMILES string of the molecule is CN1C=C(c2ccccc2)NN1[S-]. The van der Waals surface area contributed by atoms with E-state index in [1.807, 2.05) is 48.6 Å². The predicted molar refractivity (Wildman–Crippen MR) is 54.5 cm³/mol. The van der Waals surface area contributed by atoms with E-state index >= 15 is 0 Å². The van der Waals surface area contributed by atoms with Crippen LogP contribution in [-0.4, -0.2) is 16.6 Å². The molecule has 2 rings (SSSR count). The van der Waals surface area contributed by atoms with Crippen molar-refractivity contribution in [3.05, 3.63) is 42.1 Å². The molecule has 0 aliphatic carbocycles. The quantitative estimate of drug-likeness (QED) is 0.672. The van der Waals surface area contributed by atoms with Gasteiger partial charge in [-0.2, -0.15) is 0 Å². The van der Waals surface area contributed by atoms with Gasteiger partial charge in [0.25, 0.3) is 0 Å². The second kappa shape index (κ2) is 3.32. The lowest BCUT2D eigenvalue weighted by molar-refractivity contribution is 0.166. The normalized spacial score (nSPS) is 17.1. The van der Waals surface area contributed by atoms with Crippen molar-refractivity contribution >= 4 is 18.5 Å². The topological polar surface area (TPSA) is 18.5 Å². The Bertz CT molecular complexity index is 323. The first-order chi connectivity index (χ1) is 6.27. The Hall–Kier alpha value is -1.13. The monoisotopic (exact) mass is 192 g/mol. The van der Waals surface area contributed by atoms with Crippen LogP contribution < -0.4 is 5.43 Å². The molecule has 1 aliphatic heterocycles. The van der Waals surface area contributed by atoms with Crippen molar-refractivity contribution in [2.45, 2.75) is 0 Å². The van der Waals surface area contributed by atoms with Gasteiger partial charge in [0.15, 0.2) is 0 Å². The fourth-order valence-corrected chi connectivity index (χ4v) is 1.35. The number of benzene rings is 1. The van der Waals surface area contributed by atoms with Gasteiger partial charge in [0.2, 0.25) is 0 Å². The zero-order valence-corrected chi connectivity index (χ0v) is 8.08. The highest BCUT2D eigenvalue weighted by Gasteiger charge is 2.09. The summed E-state index contributed by atoms with van der Waals surface area (Å²) in [5, 5.41) is 1.82. The largest absolute Gasteiger partial charge is 0.653 e. The van der Waals surface area contributed by atoms with E-state index in [4.69, 9.17) is 12.8 Å². The summed E-state index contributed by atoms with van der Waals surface area (Å²) < 4.78 is 1.52. The second-order valence-corrected chi connectivity index (χ2v) is 3.21. The first kappa shape index (κ1) is 8.47. The average molecular weight is 192 g/mol. The highest BCUT2D eigenvalue weighted by atomic mass is 32.1. The maximum Gasteiger partial charge on any atom is 0.0734 e. The Balaban J connectivity index is 2.25. The van der Waals surface area contributed by atoms with Gasteiger partial charge in [-0.25, -0.2) is 0 Å². The molecule has 68 valence electrons. The zero-order chi connectivity index (χ0) is 9.26. The molecule has 0 atom stereocenters. The van der Waals surface area contributed by atoms with Gasteiger partial charge in [-0.1, -0.05) is 30.3 Å². The number of hydrogen-bond donors (Lipinski definition) is 1. The van der Waals surface area contributed by atoms with Crippen LogP contribution in [0.15, 0.2) is 36.5 Å². The van der Waals surface area contributed by atoms with E-state index in [2.05, 4.69) is 5.43 Å². The van der Waals surface area contributed by atoms with Gasteiger partial charge in [0.05, 0.1) is 5.70 Å². The van der Waals surface area contributed by atoms with E-state index in [1.165, 1.54) is 4.52 Å². The molecule has 0 fully saturated rings. The Morgan fingerprint density at radius 2 is 1.92 bits per heavy atom. The molecule has 0 aromatic heterocycles. The van der Waals surface area contributed by atoms with E-state index in [9.17, 15) is 0 Å². The van der Waals surface area contributed by atoms with E-state index in [1.54, 1.807) is 0 Å². The molecular weight excluding hydrogens is 182 g/mol. The van der Waals surface area contributed by atoms with Crippen LogP contribution in [0.25, 0.3) is 5.70 Å². The fraction of sp³-hybridized carbons (Fsp3) is 0.111. The minimum atomic E-state index is 1.03. The Morgan fingerprint density at radius 3 is 2.46 bits per heavy atom. The molecule has 0 bridgehead atoms. The molecule has 0 unspecified atom stereocenters. The molecule has 1 N–H and O–H groups in total. The Kier molecular flexibility index (Phi) is 2.16. The number of hydrazine groups is 2. The first-order valence-electron chi connectivity index (χ1n) is 4.01. The molecular formula is C9H10N3S-. The molecule has 13 heavy (non-hydrogen) atoms. The summed E-state index contributed by atoms with van der Waals surface area (Å²) in [7, 11) is 1.90. The van der Waals surface area contributed by atoms with Crippen LogP contribution >= 0.6 is 0 Å². The van der Waals surface area contributed by atoms with E-state index in [0.29, 0.717) is 0 Å². The summed E-state index contributed by atoms with van der Waals surface area (Å²) >= 11 is 5.00. The molecule has 4 heteroatoms. The van der Waals surface area contributed by atoms with Crippen LogP contribution in [0.5, 0.6) is 0 Å². The van der Waals surface area contributed by atoms with Gasteiger partial charge in [0.1, 0.15) is 0 Å². The van der Waals surface area contributed by atoms with Crippen LogP contribution in [0.1, 0.15) is 5.56 Å². The maximum absolute atomic E-state index is 5.00. The van der Waals surface area contributed by atoms with Crippen molar-refractivity contribution in [1.29, 1.82) is 0 Å². The van der Waals surface area contributed by atoms with Crippen molar-refractivity contribution in [2.75, 3.05) is 7.05 Å². The van der Waals surface area contributed by atoms with Crippen LogP contribution in [-0.2, 0) is 12.8 Å². The summed E-state index contributed by atoms with van der Waals surface area (Å²) in [5.41, 5.74) is 5.22. The van der Waals surface area contributed by atoms with Crippen molar-refractivity contribution in [2.24, 2.45) is 0 Å². The first-order valence-corrected chi connectivity index (χ1v) is 4.38. The van der Waals surface area contributed by atoms with Gasteiger partial charge in [0, 0.05) is 18.8 Å². The zero-order valence-electron chi connectivity index (χ0n) is 7.27. The van der Waals surface area contributed by atoms with Crippen LogP contribution in [0.2, 0.25) is 0 Å². The van der Waals surface area contributed by atoms with Crippen molar-refractivity contribution in [1.82, 2.24) is 15.0 Å². The predicted octanol–water partition coefficient (Wildman–Crippen LogP) is 1.11. The number of hydrogen-bond acceptors (Lipinski definition) is 4. The van der Waals surface area contributed by atoms with Gasteiger partial charge in [-0.3, -0.25) is 4.52 Å². The molecule has 0 saturated heterocycles. The molecule has 0 radical (unpaired) electrons. The lowest BCUT2D eigenvalue weighted by Crippen LogP contribution is -2.34. The smallest absolute Gasteiger partial charge is 0.0734 e. The highest BCUT2D eigenvalue weighted by molar-refractivity contribution is 7.55.